The molecule has 0 aromatic rings. The van der Waals surface area contributed by atoms with Crippen LogP contribution in [0.3, 0.4) is 0 Å². The van der Waals surface area contributed by atoms with Gasteiger partial charge in [0.25, 0.3) is 0 Å². The Kier molecular flexibility index (Phi) is 3.20. The van der Waals surface area contributed by atoms with Crippen LogP contribution in [0.2, 0.25) is 0 Å². The van der Waals surface area contributed by atoms with Crippen molar-refractivity contribution in [2.24, 2.45) is 11.7 Å². The van der Waals surface area contributed by atoms with E-state index in [2.05, 4.69) is 6.92 Å². The van der Waals surface area contributed by atoms with Crippen molar-refractivity contribution in [3.8, 4) is 0 Å². The molecule has 0 spiro atoms. The van der Waals surface area contributed by atoms with E-state index in [1.807, 2.05) is 0 Å². The molecule has 0 saturated heterocycles. The molecule has 0 aromatic carbocycles. The second kappa shape index (κ2) is 3.97. The minimum absolute atomic E-state index is 0.417. The van der Waals surface area contributed by atoms with Crippen LogP contribution in [0, 0.1) is 5.92 Å². The molecule has 0 aromatic heterocycles. The Morgan fingerprint density at radius 3 is 2.60 bits per heavy atom. The number of rotatable bonds is 4. The summed E-state index contributed by atoms with van der Waals surface area (Å²) in [6.07, 6.45) is 8.45. The maximum atomic E-state index is 5.64. The lowest BCUT2D eigenvalue weighted by Crippen LogP contribution is -2.16. The fourth-order valence-electron chi connectivity index (χ4n) is 1.51. The molecule has 0 aliphatic heterocycles. The quantitative estimate of drug-likeness (QED) is 0.638. The summed E-state index contributed by atoms with van der Waals surface area (Å²) in [6, 6.07) is 0.417. The van der Waals surface area contributed by atoms with Crippen molar-refractivity contribution in [2.75, 3.05) is 0 Å². The highest BCUT2D eigenvalue weighted by Gasteiger charge is 2.16. The minimum atomic E-state index is 0.417. The van der Waals surface area contributed by atoms with Gasteiger partial charge in [-0.3, -0.25) is 0 Å². The van der Waals surface area contributed by atoms with Crippen LogP contribution in [-0.4, -0.2) is 6.04 Å². The summed E-state index contributed by atoms with van der Waals surface area (Å²) in [7, 11) is 0. The third kappa shape index (κ3) is 2.70. The van der Waals surface area contributed by atoms with Crippen molar-refractivity contribution in [2.45, 2.75) is 51.5 Å². The van der Waals surface area contributed by atoms with E-state index in [1.165, 1.54) is 38.5 Å². The van der Waals surface area contributed by atoms with Gasteiger partial charge >= 0.3 is 0 Å². The molecule has 1 rings (SSSR count). The highest BCUT2D eigenvalue weighted by molar-refractivity contribution is 4.69. The van der Waals surface area contributed by atoms with E-state index >= 15 is 0 Å². The fraction of sp³-hybridized carbons (Fsp3) is 1.00. The van der Waals surface area contributed by atoms with Crippen LogP contribution in [0.25, 0.3) is 0 Å². The first-order chi connectivity index (χ1) is 4.79. The predicted octanol–water partition coefficient (Wildman–Crippen LogP) is 2.30. The van der Waals surface area contributed by atoms with E-state index in [9.17, 15) is 0 Å². The molecule has 0 amide bonds. The van der Waals surface area contributed by atoms with Gasteiger partial charge in [-0.05, 0) is 19.3 Å². The second-order valence-electron chi connectivity index (χ2n) is 3.71. The summed E-state index contributed by atoms with van der Waals surface area (Å²) < 4.78 is 0. The molecule has 1 heteroatoms. The zero-order valence-corrected chi connectivity index (χ0v) is 6.97. The van der Waals surface area contributed by atoms with Gasteiger partial charge in [-0.25, -0.2) is 0 Å². The highest BCUT2D eigenvalue weighted by Crippen LogP contribution is 2.30. The molecular formula is C9H19N. The van der Waals surface area contributed by atoms with Crippen molar-refractivity contribution in [1.82, 2.24) is 0 Å². The Morgan fingerprint density at radius 1 is 1.50 bits per heavy atom. The molecule has 0 radical (unpaired) electrons. The van der Waals surface area contributed by atoms with Crippen LogP contribution >= 0.6 is 0 Å². The van der Waals surface area contributed by atoms with E-state index in [-0.39, 0.29) is 0 Å². The maximum Gasteiger partial charge on any atom is 0.00104 e. The monoisotopic (exact) mass is 141 g/mol. The Labute approximate surface area is 64.0 Å². The summed E-state index contributed by atoms with van der Waals surface area (Å²) in [6.45, 7) is 2.10. The molecule has 1 nitrogen and oxygen atoms in total. The predicted molar refractivity (Wildman–Crippen MR) is 44.8 cm³/mol. The molecule has 1 saturated carbocycles. The van der Waals surface area contributed by atoms with Crippen LogP contribution < -0.4 is 5.73 Å². The van der Waals surface area contributed by atoms with Crippen LogP contribution in [0.15, 0.2) is 0 Å². The smallest absolute Gasteiger partial charge is 0.00104 e. The third-order valence-corrected chi connectivity index (χ3v) is 2.50. The lowest BCUT2D eigenvalue weighted by Gasteiger charge is -2.25. The molecule has 1 fully saturated rings. The van der Waals surface area contributed by atoms with Crippen molar-refractivity contribution in [3.63, 3.8) is 0 Å². The molecular weight excluding hydrogens is 122 g/mol. The first-order valence-electron chi connectivity index (χ1n) is 4.54. The molecule has 0 bridgehead atoms. The summed E-state index contributed by atoms with van der Waals surface area (Å²) in [5.41, 5.74) is 5.64. The zero-order valence-electron chi connectivity index (χ0n) is 6.97. The summed E-state index contributed by atoms with van der Waals surface area (Å²) in [4.78, 5) is 0. The number of hydrogen-bond donors (Lipinski definition) is 1. The fourth-order valence-corrected chi connectivity index (χ4v) is 1.51. The SMILES string of the molecule is C[C@@H](N)CCCC1CCC1. The second-order valence-corrected chi connectivity index (χ2v) is 3.71. The standard InChI is InChI=1S/C9H19N/c1-8(10)4-2-5-9-6-3-7-9/h8-9H,2-7,10H2,1H3/t8-/m1/s1. The normalized spacial score (nSPS) is 22.2. The van der Waals surface area contributed by atoms with Gasteiger partial charge in [0.15, 0.2) is 0 Å². The van der Waals surface area contributed by atoms with Crippen molar-refractivity contribution < 1.29 is 0 Å². The average molecular weight is 141 g/mol. The molecule has 1 atom stereocenters. The Bertz CT molecular complexity index is 84.7. The largest absolute Gasteiger partial charge is 0.328 e. The molecule has 60 valence electrons. The lowest BCUT2D eigenvalue weighted by molar-refractivity contribution is 0.285. The van der Waals surface area contributed by atoms with Gasteiger partial charge in [-0.2, -0.15) is 0 Å². The molecule has 1 aliphatic rings. The summed E-state index contributed by atoms with van der Waals surface area (Å²) in [5.74, 6) is 1.07. The van der Waals surface area contributed by atoms with E-state index in [0.717, 1.165) is 5.92 Å². The van der Waals surface area contributed by atoms with E-state index in [4.69, 9.17) is 5.73 Å². The molecule has 10 heavy (non-hydrogen) atoms. The molecule has 1 aliphatic carbocycles. The molecule has 0 unspecified atom stereocenters. The van der Waals surface area contributed by atoms with E-state index in [0.29, 0.717) is 6.04 Å². The lowest BCUT2D eigenvalue weighted by atomic mass is 9.81. The van der Waals surface area contributed by atoms with Gasteiger partial charge in [0, 0.05) is 6.04 Å². The Hall–Kier alpha value is -0.0400. The van der Waals surface area contributed by atoms with E-state index in [1.54, 1.807) is 0 Å². The first kappa shape index (κ1) is 8.06. The minimum Gasteiger partial charge on any atom is -0.328 e. The molecule has 0 heterocycles. The van der Waals surface area contributed by atoms with Crippen LogP contribution in [0.5, 0.6) is 0 Å². The Balaban J connectivity index is 1.85. The number of nitrogens with two attached hydrogens (primary N) is 1. The van der Waals surface area contributed by atoms with Gasteiger partial charge in [-0.1, -0.05) is 32.1 Å². The van der Waals surface area contributed by atoms with Gasteiger partial charge in [0.1, 0.15) is 0 Å². The third-order valence-electron chi connectivity index (χ3n) is 2.50. The summed E-state index contributed by atoms with van der Waals surface area (Å²) in [5, 5.41) is 0. The summed E-state index contributed by atoms with van der Waals surface area (Å²) >= 11 is 0. The van der Waals surface area contributed by atoms with Gasteiger partial charge in [0.2, 0.25) is 0 Å². The van der Waals surface area contributed by atoms with Gasteiger partial charge < -0.3 is 5.73 Å². The van der Waals surface area contributed by atoms with Crippen molar-refractivity contribution in [1.29, 1.82) is 0 Å². The van der Waals surface area contributed by atoms with E-state index < -0.39 is 0 Å². The number of hydrogen-bond acceptors (Lipinski definition) is 1. The highest BCUT2D eigenvalue weighted by atomic mass is 14.6. The van der Waals surface area contributed by atoms with Crippen molar-refractivity contribution in [3.05, 3.63) is 0 Å². The maximum absolute atomic E-state index is 5.64. The van der Waals surface area contributed by atoms with Crippen LogP contribution in [0.4, 0.5) is 0 Å². The van der Waals surface area contributed by atoms with Gasteiger partial charge in [-0.15, -0.1) is 0 Å². The van der Waals surface area contributed by atoms with Crippen LogP contribution in [0.1, 0.15) is 45.4 Å². The Morgan fingerprint density at radius 2 is 2.20 bits per heavy atom. The zero-order chi connectivity index (χ0) is 7.40. The van der Waals surface area contributed by atoms with Crippen LogP contribution in [-0.2, 0) is 0 Å². The van der Waals surface area contributed by atoms with Crippen molar-refractivity contribution >= 4 is 0 Å². The average Bonchev–Trinajstić information content (AvgIpc) is 1.75. The molecule has 2 N–H and O–H groups in total. The first-order valence-corrected chi connectivity index (χ1v) is 4.54. The van der Waals surface area contributed by atoms with Gasteiger partial charge in [0.05, 0.1) is 0 Å². The topological polar surface area (TPSA) is 26.0 Å².